The normalized spacial score (nSPS) is 5.52. The fourth-order valence-corrected chi connectivity index (χ4v) is 0.391. The van der Waals surface area contributed by atoms with E-state index < -0.39 is 0 Å². The van der Waals surface area contributed by atoms with Gasteiger partial charge in [-0.3, -0.25) is 0 Å². The zero-order chi connectivity index (χ0) is 18.9. The van der Waals surface area contributed by atoms with Crippen molar-refractivity contribution in [1.29, 1.82) is 0 Å². The quantitative estimate of drug-likeness (QED) is 0.566. The highest BCUT2D eigenvalue weighted by Crippen LogP contribution is 1.81. The van der Waals surface area contributed by atoms with E-state index >= 15 is 0 Å². The predicted octanol–water partition coefficient (Wildman–Crippen LogP) is 4.81. The topological polar surface area (TPSA) is 49.7 Å². The molecule has 0 saturated heterocycles. The third-order valence-corrected chi connectivity index (χ3v) is 0.797. The monoisotopic (exact) mass is 304 g/mol. The minimum absolute atomic E-state index is 0.125. The lowest BCUT2D eigenvalue weighted by atomic mass is 10.5. The van der Waals surface area contributed by atoms with Crippen LogP contribution < -0.4 is 0 Å². The maximum absolute atomic E-state index is 7.62. The van der Waals surface area contributed by atoms with Crippen LogP contribution in [0.3, 0.4) is 0 Å². The number of aliphatic hydroxyl groups is 2. The Bertz CT molecular complexity index is 80.9. The highest BCUT2D eigenvalue weighted by atomic mass is 16.5. The van der Waals surface area contributed by atoms with Gasteiger partial charge >= 0.3 is 0 Å². The van der Waals surface area contributed by atoms with Crippen molar-refractivity contribution in [2.75, 3.05) is 26.4 Å². The minimum atomic E-state index is -0.125. The van der Waals surface area contributed by atoms with Gasteiger partial charge in [-0.05, 0) is 12.8 Å². The Labute approximate surface area is 134 Å². The Balaban J connectivity index is -0.0000000243. The number of rotatable bonds is 5. The Morgan fingerprint density at radius 1 is 0.571 bits per heavy atom. The molecule has 0 unspecified atom stereocenters. The molecule has 3 heteroatoms. The Kier molecular flexibility index (Phi) is 375. The maximum Gasteiger partial charge on any atom is 0.0662 e. The molecule has 0 atom stereocenters. The first-order chi connectivity index (χ1) is 10.3. The summed E-state index contributed by atoms with van der Waals surface area (Å²) >= 11 is 0. The minimum Gasteiger partial charge on any atom is -0.394 e. The molecule has 0 aliphatic heterocycles. The molecule has 0 saturated carbocycles. The molecule has 0 rings (SSSR count). The van der Waals surface area contributed by atoms with E-state index in [4.69, 9.17) is 14.9 Å². The first kappa shape index (κ1) is 42.7. The molecule has 21 heavy (non-hydrogen) atoms. The summed E-state index contributed by atoms with van der Waals surface area (Å²) in [5.74, 6) is 0. The van der Waals surface area contributed by atoms with Gasteiger partial charge in [0.2, 0.25) is 0 Å². The summed E-state index contributed by atoms with van der Waals surface area (Å²) in [5, 5.41) is 15.2. The van der Waals surface area contributed by atoms with Gasteiger partial charge in [0.15, 0.2) is 0 Å². The van der Waals surface area contributed by atoms with Crippen LogP contribution in [-0.2, 0) is 4.74 Å². The summed E-state index contributed by atoms with van der Waals surface area (Å²) in [4.78, 5) is 0. The number of aliphatic hydroxyl groups excluding tert-OH is 2. The lowest BCUT2D eigenvalue weighted by Gasteiger charge is -1.95. The summed E-state index contributed by atoms with van der Waals surface area (Å²) in [7, 11) is 0. The van der Waals surface area contributed by atoms with Crippen LogP contribution in [0, 0.1) is 0 Å². The van der Waals surface area contributed by atoms with Gasteiger partial charge < -0.3 is 14.9 Å². The van der Waals surface area contributed by atoms with E-state index in [0.717, 1.165) is 26.1 Å². The molecular formula is C18H40O3. The highest BCUT2D eigenvalue weighted by Gasteiger charge is 1.77. The van der Waals surface area contributed by atoms with Gasteiger partial charge in [0.25, 0.3) is 0 Å². The second kappa shape index (κ2) is 184. The highest BCUT2D eigenvalue weighted by molar-refractivity contribution is 4.25. The van der Waals surface area contributed by atoms with Gasteiger partial charge in [-0.1, -0.05) is 13.8 Å². The van der Waals surface area contributed by atoms with Crippen molar-refractivity contribution in [2.45, 2.75) is 26.7 Å². The molecule has 0 aliphatic carbocycles. The Morgan fingerprint density at radius 2 is 0.762 bits per heavy atom. The fraction of sp³-hybridized carbons (Fsp3) is 0.444. The van der Waals surface area contributed by atoms with E-state index in [1.807, 2.05) is 0 Å². The van der Waals surface area contributed by atoms with Gasteiger partial charge in [-0.2, -0.15) is 0 Å². The van der Waals surface area contributed by atoms with E-state index in [-0.39, 0.29) is 13.2 Å². The summed E-state index contributed by atoms with van der Waals surface area (Å²) in [5.41, 5.74) is 0. The first-order valence-corrected chi connectivity index (χ1v) is 6.62. The van der Waals surface area contributed by atoms with E-state index in [9.17, 15) is 0 Å². The average molecular weight is 305 g/mol. The second-order valence-electron chi connectivity index (χ2n) is 2.06. The molecular weight excluding hydrogens is 264 g/mol. The molecule has 0 aliphatic rings. The lowest BCUT2D eigenvalue weighted by molar-refractivity contribution is 0.135. The fourth-order valence-electron chi connectivity index (χ4n) is 0.391. The van der Waals surface area contributed by atoms with Crippen molar-refractivity contribution >= 4 is 0 Å². The molecule has 0 radical (unpaired) electrons. The molecule has 0 amide bonds. The van der Waals surface area contributed by atoms with Crippen LogP contribution in [0.25, 0.3) is 0 Å². The molecule has 0 aromatic carbocycles. The number of hydrogen-bond acceptors (Lipinski definition) is 3. The van der Waals surface area contributed by atoms with Gasteiger partial charge in [-0.25, -0.2) is 0 Å². The molecule has 0 fully saturated rings. The summed E-state index contributed by atoms with van der Waals surface area (Å²) in [6.07, 6.45) is 2.28. The summed E-state index contributed by atoms with van der Waals surface area (Å²) in [6.45, 7) is 35.8. The maximum atomic E-state index is 7.62. The van der Waals surface area contributed by atoms with E-state index in [1.54, 1.807) is 0 Å². The average Bonchev–Trinajstić information content (AvgIpc) is 2.64. The largest absolute Gasteiger partial charge is 0.394 e. The number of ether oxygens (including phenoxy) is 1. The van der Waals surface area contributed by atoms with Gasteiger partial charge in [-0.15, -0.1) is 65.8 Å². The van der Waals surface area contributed by atoms with Crippen molar-refractivity contribution in [2.24, 2.45) is 0 Å². The molecule has 0 heterocycles. The van der Waals surface area contributed by atoms with E-state index in [1.165, 1.54) is 0 Å². The third-order valence-electron chi connectivity index (χ3n) is 0.797. The predicted molar refractivity (Wildman–Crippen MR) is 102 cm³/mol. The smallest absolute Gasteiger partial charge is 0.0662 e. The van der Waals surface area contributed by atoms with Crippen molar-refractivity contribution in [3.05, 3.63) is 65.8 Å². The van der Waals surface area contributed by atoms with Crippen molar-refractivity contribution < 1.29 is 14.9 Å². The van der Waals surface area contributed by atoms with Crippen LogP contribution in [0.2, 0.25) is 0 Å². The van der Waals surface area contributed by atoms with Crippen LogP contribution in [-0.4, -0.2) is 36.6 Å². The van der Waals surface area contributed by atoms with Crippen molar-refractivity contribution in [1.82, 2.24) is 0 Å². The molecule has 2 N–H and O–H groups in total. The Hall–Kier alpha value is -1.42. The number of hydrogen-bond donors (Lipinski definition) is 2. The van der Waals surface area contributed by atoms with Gasteiger partial charge in [0, 0.05) is 13.2 Å². The Morgan fingerprint density at radius 3 is 0.857 bits per heavy atom. The first-order valence-electron chi connectivity index (χ1n) is 6.62. The van der Waals surface area contributed by atoms with Crippen LogP contribution in [0.15, 0.2) is 65.8 Å². The van der Waals surface area contributed by atoms with Crippen LogP contribution in [0.5, 0.6) is 0 Å². The molecule has 0 bridgehead atoms. The van der Waals surface area contributed by atoms with Crippen LogP contribution in [0.1, 0.15) is 26.7 Å². The summed E-state index contributed by atoms with van der Waals surface area (Å²) < 4.78 is 5.13. The zero-order valence-corrected chi connectivity index (χ0v) is 14.6. The molecule has 3 nitrogen and oxygen atoms in total. The van der Waals surface area contributed by atoms with Crippen molar-refractivity contribution in [3.63, 3.8) is 0 Å². The van der Waals surface area contributed by atoms with Crippen molar-refractivity contribution in [3.8, 4) is 0 Å². The molecule has 130 valence electrons. The second-order valence-corrected chi connectivity index (χ2v) is 2.06. The molecule has 0 spiro atoms. The zero-order valence-electron chi connectivity index (χ0n) is 14.6. The standard InChI is InChI=1S/C6H14O.C2H6O2.5C2H4/c1-3-5-7-6-4-2;3-1-2-4;5*1-2/h3-6H2,1-2H3;3-4H,1-2H2;5*1-2H2. The SMILES string of the molecule is C=C.C=C.C=C.C=C.C=C.CCCOCCC.OCCO. The van der Waals surface area contributed by atoms with E-state index in [0.29, 0.717) is 0 Å². The van der Waals surface area contributed by atoms with Gasteiger partial charge in [0.05, 0.1) is 13.2 Å². The third kappa shape index (κ3) is 399. The lowest BCUT2D eigenvalue weighted by Crippen LogP contribution is -1.92. The molecule has 0 aromatic rings. The van der Waals surface area contributed by atoms with Gasteiger partial charge in [0.1, 0.15) is 0 Å². The van der Waals surface area contributed by atoms with E-state index in [2.05, 4.69) is 79.6 Å². The van der Waals surface area contributed by atoms with Crippen LogP contribution >= 0.6 is 0 Å². The molecule has 0 aromatic heterocycles. The van der Waals surface area contributed by atoms with Crippen LogP contribution in [0.4, 0.5) is 0 Å². The summed E-state index contributed by atoms with van der Waals surface area (Å²) in [6, 6.07) is 0.